The lowest BCUT2D eigenvalue weighted by Gasteiger charge is -2.14. The fourth-order valence-electron chi connectivity index (χ4n) is 2.52. The van der Waals surface area contributed by atoms with E-state index >= 15 is 0 Å². The summed E-state index contributed by atoms with van der Waals surface area (Å²) in [5, 5.41) is 9.17. The third kappa shape index (κ3) is 4.89. The molecular weight excluding hydrogens is 404 g/mol. The van der Waals surface area contributed by atoms with Crippen molar-refractivity contribution in [1.29, 1.82) is 0 Å². The Morgan fingerprint density at radius 1 is 0.964 bits per heavy atom. The van der Waals surface area contributed by atoms with Crippen LogP contribution in [0.15, 0.2) is 46.2 Å². The van der Waals surface area contributed by atoms with Gasteiger partial charge in [0.25, 0.3) is 10.0 Å². The Morgan fingerprint density at radius 3 is 2.04 bits per heavy atom. The van der Waals surface area contributed by atoms with E-state index in [-0.39, 0.29) is 27.1 Å². The molecule has 2 aromatic rings. The van der Waals surface area contributed by atoms with Gasteiger partial charge in [0.05, 0.1) is 15.4 Å². The highest BCUT2D eigenvalue weighted by atomic mass is 32.2. The highest BCUT2D eigenvalue weighted by Crippen LogP contribution is 2.24. The molecule has 8 nitrogen and oxygen atoms in total. The monoisotopic (exact) mass is 426 g/mol. The van der Waals surface area contributed by atoms with Crippen molar-refractivity contribution in [3.8, 4) is 0 Å². The number of carboxylic acid groups (broad SMARTS) is 1. The largest absolute Gasteiger partial charge is 0.478 e. The van der Waals surface area contributed by atoms with E-state index in [1.807, 2.05) is 0 Å². The summed E-state index contributed by atoms with van der Waals surface area (Å²) in [7, 11) is -7.76. The highest BCUT2D eigenvalue weighted by Gasteiger charge is 2.21. The van der Waals surface area contributed by atoms with Crippen molar-refractivity contribution >= 4 is 31.7 Å². The van der Waals surface area contributed by atoms with Gasteiger partial charge in [0.1, 0.15) is 0 Å². The van der Waals surface area contributed by atoms with E-state index in [1.54, 1.807) is 27.7 Å². The molecule has 0 saturated heterocycles. The van der Waals surface area contributed by atoms with Crippen LogP contribution in [-0.4, -0.2) is 34.0 Å². The quantitative estimate of drug-likeness (QED) is 0.624. The van der Waals surface area contributed by atoms with E-state index in [2.05, 4.69) is 9.44 Å². The number of anilines is 1. The number of carboxylic acids is 1. The summed E-state index contributed by atoms with van der Waals surface area (Å²) in [5.41, 5.74) is 0.977. The molecule has 0 radical (unpaired) electrons. The molecule has 28 heavy (non-hydrogen) atoms. The molecule has 2 rings (SSSR count). The van der Waals surface area contributed by atoms with Crippen molar-refractivity contribution in [2.75, 3.05) is 4.72 Å². The minimum Gasteiger partial charge on any atom is -0.478 e. The zero-order valence-corrected chi connectivity index (χ0v) is 17.5. The van der Waals surface area contributed by atoms with Crippen LogP contribution in [0.1, 0.15) is 35.3 Å². The van der Waals surface area contributed by atoms with E-state index in [0.29, 0.717) is 11.1 Å². The Kier molecular flexibility index (Phi) is 6.17. The molecule has 0 atom stereocenters. The molecule has 0 aliphatic heterocycles. The zero-order chi connectivity index (χ0) is 21.3. The standard InChI is InChI=1S/C18H22N2O6S2/c1-11(2)19-27(23,24)16-7-5-15(6-8-16)20-28(25,26)17-10-14(18(21)22)9-12(3)13(17)4/h5-11,19-20H,1-4H3,(H,21,22). The zero-order valence-electron chi connectivity index (χ0n) is 15.8. The first-order valence-electron chi connectivity index (χ1n) is 8.33. The number of hydrogen-bond donors (Lipinski definition) is 3. The van der Waals surface area contributed by atoms with Crippen molar-refractivity contribution in [2.45, 2.75) is 43.5 Å². The fourth-order valence-corrected chi connectivity index (χ4v) is 5.17. The third-order valence-corrected chi connectivity index (χ3v) is 7.15. The smallest absolute Gasteiger partial charge is 0.335 e. The van der Waals surface area contributed by atoms with Gasteiger partial charge in [-0.05, 0) is 75.2 Å². The van der Waals surface area contributed by atoms with Crippen LogP contribution in [0.2, 0.25) is 0 Å². The van der Waals surface area contributed by atoms with E-state index in [1.165, 1.54) is 30.3 Å². The molecule has 10 heteroatoms. The number of benzene rings is 2. The molecule has 0 spiro atoms. The van der Waals surface area contributed by atoms with Gasteiger partial charge in [-0.1, -0.05) is 0 Å². The molecule has 2 aromatic carbocycles. The summed E-state index contributed by atoms with van der Waals surface area (Å²) in [6.45, 7) is 6.59. The topological polar surface area (TPSA) is 130 Å². The Balaban J connectivity index is 2.37. The number of aromatic carboxylic acids is 1. The molecule has 3 N–H and O–H groups in total. The number of hydrogen-bond acceptors (Lipinski definition) is 5. The predicted molar refractivity (Wildman–Crippen MR) is 106 cm³/mol. The second kappa shape index (κ2) is 7.90. The maximum absolute atomic E-state index is 12.7. The van der Waals surface area contributed by atoms with Gasteiger partial charge < -0.3 is 5.11 Å². The van der Waals surface area contributed by atoms with Crippen molar-refractivity contribution in [3.05, 3.63) is 53.1 Å². The fraction of sp³-hybridized carbons (Fsp3) is 0.278. The molecule has 0 bridgehead atoms. The van der Waals surface area contributed by atoms with Gasteiger partial charge in [-0.3, -0.25) is 4.72 Å². The second-order valence-corrected chi connectivity index (χ2v) is 9.99. The summed E-state index contributed by atoms with van der Waals surface area (Å²) >= 11 is 0. The first kappa shape index (κ1) is 21.9. The molecule has 0 saturated carbocycles. The Labute approximate surface area is 164 Å². The molecule has 0 unspecified atom stereocenters. The van der Waals surface area contributed by atoms with E-state index in [9.17, 15) is 26.7 Å². The van der Waals surface area contributed by atoms with Gasteiger partial charge >= 0.3 is 5.97 Å². The molecule has 0 aliphatic rings. The van der Waals surface area contributed by atoms with Crippen LogP contribution in [0.25, 0.3) is 0 Å². The number of aryl methyl sites for hydroxylation is 1. The van der Waals surface area contributed by atoms with Crippen LogP contribution < -0.4 is 9.44 Å². The van der Waals surface area contributed by atoms with Gasteiger partial charge in [-0.2, -0.15) is 0 Å². The first-order chi connectivity index (χ1) is 12.8. The summed E-state index contributed by atoms with van der Waals surface area (Å²) in [5.74, 6) is -1.23. The van der Waals surface area contributed by atoms with Crippen LogP contribution in [0.5, 0.6) is 0 Å². The summed E-state index contributed by atoms with van der Waals surface area (Å²) in [6, 6.07) is 7.45. The van der Waals surface area contributed by atoms with E-state index in [0.717, 1.165) is 6.07 Å². The molecule has 0 aromatic heterocycles. The first-order valence-corrected chi connectivity index (χ1v) is 11.3. The number of rotatable bonds is 7. The summed E-state index contributed by atoms with van der Waals surface area (Å²) in [4.78, 5) is 11.1. The summed E-state index contributed by atoms with van der Waals surface area (Å²) < 4.78 is 54.6. The summed E-state index contributed by atoms with van der Waals surface area (Å²) in [6.07, 6.45) is 0. The average Bonchev–Trinajstić information content (AvgIpc) is 2.55. The van der Waals surface area contributed by atoms with Gasteiger partial charge in [0.2, 0.25) is 10.0 Å². The van der Waals surface area contributed by atoms with Gasteiger partial charge in [-0.25, -0.2) is 26.4 Å². The Bertz CT molecular complexity index is 1110. The number of nitrogens with one attached hydrogen (secondary N) is 2. The van der Waals surface area contributed by atoms with Crippen molar-refractivity contribution in [2.24, 2.45) is 0 Å². The molecule has 0 aliphatic carbocycles. The molecule has 0 heterocycles. The highest BCUT2D eigenvalue weighted by molar-refractivity contribution is 7.92. The molecule has 152 valence electrons. The maximum Gasteiger partial charge on any atom is 0.335 e. The number of sulfonamides is 2. The van der Waals surface area contributed by atoms with Crippen molar-refractivity contribution < 1.29 is 26.7 Å². The van der Waals surface area contributed by atoms with Gasteiger partial charge in [0.15, 0.2) is 0 Å². The van der Waals surface area contributed by atoms with E-state index in [4.69, 9.17) is 0 Å². The van der Waals surface area contributed by atoms with Crippen molar-refractivity contribution in [3.63, 3.8) is 0 Å². The molecule has 0 amide bonds. The lowest BCUT2D eigenvalue weighted by atomic mass is 10.1. The SMILES string of the molecule is Cc1cc(C(=O)O)cc(S(=O)(=O)Nc2ccc(S(=O)(=O)NC(C)C)cc2)c1C. The van der Waals surface area contributed by atoms with Crippen LogP contribution in [0.3, 0.4) is 0 Å². The minimum atomic E-state index is -4.07. The maximum atomic E-state index is 12.7. The average molecular weight is 427 g/mol. The van der Waals surface area contributed by atoms with E-state index < -0.39 is 26.0 Å². The normalized spacial score (nSPS) is 12.2. The van der Waals surface area contributed by atoms with Crippen LogP contribution in [-0.2, 0) is 20.0 Å². The van der Waals surface area contributed by atoms with Crippen LogP contribution in [0, 0.1) is 13.8 Å². The Morgan fingerprint density at radius 2 is 1.54 bits per heavy atom. The van der Waals surface area contributed by atoms with Crippen LogP contribution >= 0.6 is 0 Å². The van der Waals surface area contributed by atoms with Gasteiger partial charge in [-0.15, -0.1) is 0 Å². The second-order valence-electron chi connectivity index (χ2n) is 6.63. The minimum absolute atomic E-state index is 0.00375. The predicted octanol–water partition coefficient (Wildman–Crippen LogP) is 2.49. The van der Waals surface area contributed by atoms with Crippen LogP contribution in [0.4, 0.5) is 5.69 Å². The van der Waals surface area contributed by atoms with Gasteiger partial charge in [0, 0.05) is 11.7 Å². The Hall–Kier alpha value is -2.43. The molecular formula is C18H22N2O6S2. The third-order valence-electron chi connectivity index (χ3n) is 3.96. The lowest BCUT2D eigenvalue weighted by Crippen LogP contribution is -2.30. The van der Waals surface area contributed by atoms with Crippen molar-refractivity contribution in [1.82, 2.24) is 4.72 Å². The lowest BCUT2D eigenvalue weighted by molar-refractivity contribution is 0.0696. The molecule has 0 fully saturated rings. The number of carbonyl (C=O) groups is 1.